The molecule has 0 radical (unpaired) electrons. The Hall–Kier alpha value is -0.845. The minimum atomic E-state index is -2.20. The Morgan fingerprint density at radius 2 is 1.71 bits per heavy atom. The van der Waals surface area contributed by atoms with Crippen molar-refractivity contribution < 1.29 is 23.9 Å². The maximum Gasteiger partial charge on any atom is 0.498 e. The first kappa shape index (κ1) is 14.2. The highest BCUT2D eigenvalue weighted by molar-refractivity contribution is 6.55. The Morgan fingerprint density at radius 1 is 1.29 bits per heavy atom. The summed E-state index contributed by atoms with van der Waals surface area (Å²) in [5, 5.41) is 18.0. The van der Waals surface area contributed by atoms with Crippen molar-refractivity contribution in [1.29, 1.82) is 0 Å². The fraction of sp³-hybridized carbons (Fsp3) is 0.636. The van der Waals surface area contributed by atoms with Gasteiger partial charge in [0, 0.05) is 5.47 Å². The van der Waals surface area contributed by atoms with E-state index in [-0.39, 0.29) is 11.2 Å². The third-order valence-corrected chi connectivity index (χ3v) is 3.16. The Kier molecular flexibility index (Phi) is 3.71. The van der Waals surface area contributed by atoms with Gasteiger partial charge in [-0.25, -0.2) is 4.39 Å². The van der Waals surface area contributed by atoms with Gasteiger partial charge in [-0.3, -0.25) is 0 Å². The third-order valence-electron chi connectivity index (χ3n) is 3.16. The van der Waals surface area contributed by atoms with E-state index in [0.717, 1.165) is 6.08 Å². The SMILES string of the molecule is C=C(O)/C(=C\C(O)F)B1OC(C)(C)C(C)(C)O1. The smallest absolute Gasteiger partial charge is 0.498 e. The molecule has 17 heavy (non-hydrogen) atoms. The molecule has 4 nitrogen and oxygen atoms in total. The Bertz CT molecular complexity index is 333. The third kappa shape index (κ3) is 2.88. The van der Waals surface area contributed by atoms with Gasteiger partial charge in [-0.2, -0.15) is 0 Å². The van der Waals surface area contributed by atoms with E-state index in [1.807, 2.05) is 27.7 Å². The summed E-state index contributed by atoms with van der Waals surface area (Å²) in [5.74, 6) is -0.389. The summed E-state index contributed by atoms with van der Waals surface area (Å²) in [6.07, 6.45) is -1.39. The van der Waals surface area contributed by atoms with E-state index in [2.05, 4.69) is 6.58 Å². The lowest BCUT2D eigenvalue weighted by molar-refractivity contribution is 0.00578. The van der Waals surface area contributed by atoms with Crippen LogP contribution in [-0.2, 0) is 9.31 Å². The maximum absolute atomic E-state index is 12.6. The summed E-state index contributed by atoms with van der Waals surface area (Å²) < 4.78 is 23.8. The minimum absolute atomic E-state index is 0.00125. The average Bonchev–Trinajstić information content (AvgIpc) is 2.31. The van der Waals surface area contributed by atoms with Crippen molar-refractivity contribution >= 4 is 7.12 Å². The van der Waals surface area contributed by atoms with E-state index in [1.165, 1.54) is 0 Å². The van der Waals surface area contributed by atoms with Crippen molar-refractivity contribution in [3.63, 3.8) is 0 Å². The second-order valence-electron chi connectivity index (χ2n) is 5.03. The Morgan fingerprint density at radius 3 is 2.00 bits per heavy atom. The highest BCUT2D eigenvalue weighted by atomic mass is 19.1. The molecule has 1 fully saturated rings. The number of aliphatic hydroxyl groups is 2. The van der Waals surface area contributed by atoms with Gasteiger partial charge in [-0.15, -0.1) is 0 Å². The van der Waals surface area contributed by atoms with Crippen molar-refractivity contribution in [3.8, 4) is 0 Å². The van der Waals surface area contributed by atoms with Gasteiger partial charge in [-0.05, 0) is 33.8 Å². The Labute approximate surface area is 101 Å². The number of hydrogen-bond donors (Lipinski definition) is 2. The molecule has 1 heterocycles. The maximum atomic E-state index is 12.6. The van der Waals surface area contributed by atoms with Gasteiger partial charge in [0.2, 0.25) is 6.36 Å². The summed E-state index contributed by atoms with van der Waals surface area (Å²) in [5.41, 5.74) is -1.21. The molecule has 1 saturated heterocycles. The molecule has 0 amide bonds. The zero-order valence-electron chi connectivity index (χ0n) is 10.5. The molecule has 96 valence electrons. The molecule has 1 unspecified atom stereocenters. The van der Waals surface area contributed by atoms with E-state index in [1.54, 1.807) is 0 Å². The normalized spacial score (nSPS) is 24.8. The monoisotopic (exact) mass is 244 g/mol. The van der Waals surface area contributed by atoms with E-state index in [4.69, 9.17) is 14.4 Å². The molecule has 0 bridgehead atoms. The fourth-order valence-corrected chi connectivity index (χ4v) is 1.43. The van der Waals surface area contributed by atoms with Crippen LogP contribution in [0.25, 0.3) is 0 Å². The molecule has 0 aromatic carbocycles. The number of halogens is 1. The van der Waals surface area contributed by atoms with Gasteiger partial charge in [0.25, 0.3) is 0 Å². The lowest BCUT2D eigenvalue weighted by Crippen LogP contribution is -2.41. The molecule has 1 rings (SSSR count). The second-order valence-corrected chi connectivity index (χ2v) is 5.03. The van der Waals surface area contributed by atoms with Crippen LogP contribution >= 0.6 is 0 Å². The van der Waals surface area contributed by atoms with Crippen molar-refractivity contribution in [3.05, 3.63) is 23.9 Å². The van der Waals surface area contributed by atoms with Gasteiger partial charge in [0.05, 0.1) is 11.2 Å². The first-order chi connectivity index (χ1) is 7.57. The molecule has 1 aliphatic heterocycles. The standard InChI is InChI=1S/C11H18BFO4/c1-7(14)8(6-9(13)15)12-16-10(2,3)11(4,5)17-12/h6,9,14-15H,1H2,2-5H3/b8-6+. The van der Waals surface area contributed by atoms with Crippen molar-refractivity contribution in [2.24, 2.45) is 0 Å². The van der Waals surface area contributed by atoms with Crippen LogP contribution in [0.15, 0.2) is 23.9 Å². The van der Waals surface area contributed by atoms with Crippen molar-refractivity contribution in [2.75, 3.05) is 0 Å². The molecule has 0 aromatic rings. The average molecular weight is 244 g/mol. The lowest BCUT2D eigenvalue weighted by atomic mass is 9.77. The van der Waals surface area contributed by atoms with E-state index < -0.39 is 24.7 Å². The lowest BCUT2D eigenvalue weighted by Gasteiger charge is -2.32. The van der Waals surface area contributed by atoms with Crippen LogP contribution in [0.4, 0.5) is 4.39 Å². The molecule has 6 heteroatoms. The first-order valence-electron chi connectivity index (χ1n) is 5.34. The topological polar surface area (TPSA) is 58.9 Å². The molecule has 1 atom stereocenters. The summed E-state index contributed by atoms with van der Waals surface area (Å²) in [7, 11) is -0.942. The molecular formula is C11H18BFO4. The number of allylic oxidation sites excluding steroid dienone is 1. The fourth-order valence-electron chi connectivity index (χ4n) is 1.43. The highest BCUT2D eigenvalue weighted by Gasteiger charge is 2.52. The molecule has 0 spiro atoms. The van der Waals surface area contributed by atoms with Gasteiger partial charge >= 0.3 is 7.12 Å². The van der Waals surface area contributed by atoms with Crippen LogP contribution in [0.3, 0.4) is 0 Å². The van der Waals surface area contributed by atoms with Gasteiger partial charge in [0.1, 0.15) is 5.76 Å². The van der Waals surface area contributed by atoms with Crippen LogP contribution in [0, 0.1) is 0 Å². The number of hydrogen-bond acceptors (Lipinski definition) is 4. The number of alkyl halides is 1. The van der Waals surface area contributed by atoms with Gasteiger partial charge < -0.3 is 19.5 Å². The minimum Gasteiger partial charge on any atom is -0.509 e. The first-order valence-corrected chi connectivity index (χ1v) is 5.34. The van der Waals surface area contributed by atoms with Crippen LogP contribution in [0.1, 0.15) is 27.7 Å². The van der Waals surface area contributed by atoms with E-state index in [0.29, 0.717) is 0 Å². The van der Waals surface area contributed by atoms with Crippen LogP contribution in [0.2, 0.25) is 0 Å². The van der Waals surface area contributed by atoms with Gasteiger partial charge in [-0.1, -0.05) is 6.58 Å². The molecule has 0 aliphatic carbocycles. The molecule has 1 aliphatic rings. The summed E-state index contributed by atoms with van der Waals surface area (Å²) >= 11 is 0. The molecule has 0 saturated carbocycles. The zero-order valence-corrected chi connectivity index (χ0v) is 10.5. The van der Waals surface area contributed by atoms with Crippen LogP contribution in [0.5, 0.6) is 0 Å². The van der Waals surface area contributed by atoms with Crippen molar-refractivity contribution in [1.82, 2.24) is 0 Å². The zero-order chi connectivity index (χ0) is 13.4. The predicted octanol–water partition coefficient (Wildman–Crippen LogP) is 1.90. The number of aliphatic hydroxyl groups excluding tert-OH is 2. The van der Waals surface area contributed by atoms with Gasteiger partial charge in [0.15, 0.2) is 0 Å². The highest BCUT2D eigenvalue weighted by Crippen LogP contribution is 2.39. The summed E-state index contributed by atoms with van der Waals surface area (Å²) in [4.78, 5) is 0. The predicted molar refractivity (Wildman–Crippen MR) is 63.0 cm³/mol. The Balaban J connectivity index is 2.99. The summed E-state index contributed by atoms with van der Waals surface area (Å²) in [6.45, 7) is 10.6. The van der Waals surface area contributed by atoms with E-state index >= 15 is 0 Å². The molecular weight excluding hydrogens is 226 g/mol. The number of rotatable bonds is 3. The second kappa shape index (κ2) is 4.44. The van der Waals surface area contributed by atoms with Crippen LogP contribution in [-0.4, -0.2) is 34.9 Å². The quantitative estimate of drug-likeness (QED) is 0.452. The van der Waals surface area contributed by atoms with E-state index in [9.17, 15) is 9.50 Å². The molecule has 2 N–H and O–H groups in total. The van der Waals surface area contributed by atoms with Crippen molar-refractivity contribution in [2.45, 2.75) is 45.3 Å². The molecule has 0 aromatic heterocycles. The largest absolute Gasteiger partial charge is 0.509 e. The summed E-state index contributed by atoms with van der Waals surface area (Å²) in [6, 6.07) is 0. The van der Waals surface area contributed by atoms with Crippen LogP contribution < -0.4 is 0 Å².